The highest BCUT2D eigenvalue weighted by Gasteiger charge is 2.08. The summed E-state index contributed by atoms with van der Waals surface area (Å²) in [4.78, 5) is 10.9. The minimum absolute atomic E-state index is 0.0694. The molecular formula is C9H12O2S2. The molecule has 1 rings (SSSR count). The van der Waals surface area contributed by atoms with Crippen LogP contribution in [0.5, 0.6) is 0 Å². The Morgan fingerprint density at radius 1 is 1.69 bits per heavy atom. The highest BCUT2D eigenvalue weighted by atomic mass is 33.1. The van der Waals surface area contributed by atoms with Gasteiger partial charge in [-0.3, -0.25) is 4.79 Å². The second kappa shape index (κ2) is 5.40. The summed E-state index contributed by atoms with van der Waals surface area (Å²) < 4.78 is 5.16. The molecule has 72 valence electrons. The van der Waals surface area contributed by atoms with Crippen LogP contribution in [0.15, 0.2) is 22.8 Å². The van der Waals surface area contributed by atoms with Crippen LogP contribution in [0, 0.1) is 0 Å². The fourth-order valence-corrected chi connectivity index (χ4v) is 2.92. The third-order valence-corrected chi connectivity index (χ3v) is 4.35. The molecule has 0 aromatic carbocycles. The van der Waals surface area contributed by atoms with E-state index >= 15 is 0 Å². The van der Waals surface area contributed by atoms with Crippen molar-refractivity contribution in [2.75, 3.05) is 0 Å². The Kier molecular flexibility index (Phi) is 4.45. The van der Waals surface area contributed by atoms with E-state index in [1.807, 2.05) is 19.1 Å². The van der Waals surface area contributed by atoms with Crippen molar-refractivity contribution >= 4 is 27.4 Å². The summed E-state index contributed by atoms with van der Waals surface area (Å²) in [5.41, 5.74) is 0. The van der Waals surface area contributed by atoms with Gasteiger partial charge in [0, 0.05) is 0 Å². The molecule has 0 aliphatic carbocycles. The quantitative estimate of drug-likeness (QED) is 0.707. The van der Waals surface area contributed by atoms with Gasteiger partial charge in [0.1, 0.15) is 11.5 Å². The standard InChI is InChI=1S/C9H12O2S2/c1-7(10)8(2)13-12-6-9-4-3-5-11-9/h3-5,8H,6H2,1-2H3. The van der Waals surface area contributed by atoms with E-state index in [1.54, 1.807) is 34.8 Å². The van der Waals surface area contributed by atoms with Crippen LogP contribution in [0.1, 0.15) is 19.6 Å². The predicted octanol–water partition coefficient (Wildman–Crippen LogP) is 3.14. The van der Waals surface area contributed by atoms with E-state index in [1.165, 1.54) is 0 Å². The molecule has 1 unspecified atom stereocenters. The Bertz CT molecular complexity index is 257. The smallest absolute Gasteiger partial charge is 0.143 e. The highest BCUT2D eigenvalue weighted by Crippen LogP contribution is 2.30. The Morgan fingerprint density at radius 2 is 2.46 bits per heavy atom. The van der Waals surface area contributed by atoms with E-state index < -0.39 is 0 Å². The number of ketones is 1. The zero-order valence-electron chi connectivity index (χ0n) is 7.65. The molecule has 0 spiro atoms. The minimum Gasteiger partial charge on any atom is -0.468 e. The van der Waals surface area contributed by atoms with Crippen LogP contribution in [0.25, 0.3) is 0 Å². The summed E-state index contributed by atoms with van der Waals surface area (Å²) in [7, 11) is 3.24. The molecule has 2 nitrogen and oxygen atoms in total. The van der Waals surface area contributed by atoms with Crippen molar-refractivity contribution in [1.82, 2.24) is 0 Å². The largest absolute Gasteiger partial charge is 0.468 e. The third kappa shape index (κ3) is 3.91. The average molecular weight is 216 g/mol. The van der Waals surface area contributed by atoms with Crippen LogP contribution in [-0.2, 0) is 10.5 Å². The van der Waals surface area contributed by atoms with Gasteiger partial charge in [-0.25, -0.2) is 0 Å². The molecule has 1 aromatic heterocycles. The van der Waals surface area contributed by atoms with Gasteiger partial charge in [-0.1, -0.05) is 21.6 Å². The first-order valence-electron chi connectivity index (χ1n) is 4.01. The molecule has 1 heterocycles. The first kappa shape index (κ1) is 10.7. The van der Waals surface area contributed by atoms with Crippen LogP contribution in [0.3, 0.4) is 0 Å². The lowest BCUT2D eigenvalue weighted by Crippen LogP contribution is -2.06. The van der Waals surface area contributed by atoms with E-state index in [0.29, 0.717) is 0 Å². The number of carbonyl (C=O) groups excluding carboxylic acids is 1. The summed E-state index contributed by atoms with van der Waals surface area (Å²) in [6.45, 7) is 3.53. The second-order valence-corrected chi connectivity index (χ2v) is 5.40. The van der Waals surface area contributed by atoms with E-state index in [0.717, 1.165) is 11.5 Å². The van der Waals surface area contributed by atoms with Gasteiger partial charge in [0.05, 0.1) is 17.3 Å². The van der Waals surface area contributed by atoms with Crippen LogP contribution >= 0.6 is 21.6 Å². The summed E-state index contributed by atoms with van der Waals surface area (Å²) >= 11 is 0. The van der Waals surface area contributed by atoms with Gasteiger partial charge in [-0.2, -0.15) is 0 Å². The number of carbonyl (C=O) groups is 1. The molecule has 0 fully saturated rings. The Balaban J connectivity index is 2.18. The number of rotatable bonds is 5. The van der Waals surface area contributed by atoms with Gasteiger partial charge < -0.3 is 4.42 Å². The molecule has 1 aromatic rings. The number of hydrogen-bond acceptors (Lipinski definition) is 4. The highest BCUT2D eigenvalue weighted by molar-refractivity contribution is 8.76. The van der Waals surface area contributed by atoms with Crippen molar-refractivity contribution < 1.29 is 9.21 Å². The molecule has 0 aliphatic heterocycles. The first-order valence-corrected chi connectivity index (χ1v) is 6.39. The fourth-order valence-electron chi connectivity index (χ4n) is 0.657. The van der Waals surface area contributed by atoms with Crippen LogP contribution < -0.4 is 0 Å². The lowest BCUT2D eigenvalue weighted by Gasteiger charge is -2.04. The Hall–Kier alpha value is -0.350. The summed E-state index contributed by atoms with van der Waals surface area (Å²) in [6, 6.07) is 3.81. The fraction of sp³-hybridized carbons (Fsp3) is 0.444. The van der Waals surface area contributed by atoms with E-state index in [-0.39, 0.29) is 11.0 Å². The molecule has 0 radical (unpaired) electrons. The number of furan rings is 1. The monoisotopic (exact) mass is 216 g/mol. The van der Waals surface area contributed by atoms with Crippen molar-refractivity contribution in [1.29, 1.82) is 0 Å². The molecule has 13 heavy (non-hydrogen) atoms. The molecule has 4 heteroatoms. The van der Waals surface area contributed by atoms with Crippen molar-refractivity contribution in [2.24, 2.45) is 0 Å². The van der Waals surface area contributed by atoms with E-state index in [4.69, 9.17) is 4.42 Å². The minimum atomic E-state index is 0.0694. The van der Waals surface area contributed by atoms with Gasteiger partial charge in [-0.05, 0) is 26.0 Å². The van der Waals surface area contributed by atoms with Crippen molar-refractivity contribution in [2.45, 2.75) is 24.9 Å². The molecule has 0 saturated carbocycles. The summed E-state index contributed by atoms with van der Waals surface area (Å²) in [5, 5.41) is 0.0694. The van der Waals surface area contributed by atoms with Gasteiger partial charge in [-0.15, -0.1) is 0 Å². The summed E-state index contributed by atoms with van der Waals surface area (Å²) in [5.74, 6) is 1.99. The third-order valence-electron chi connectivity index (χ3n) is 1.57. The molecule has 1 atom stereocenters. The predicted molar refractivity (Wildman–Crippen MR) is 57.7 cm³/mol. The first-order chi connectivity index (χ1) is 6.20. The Morgan fingerprint density at radius 3 is 3.00 bits per heavy atom. The zero-order valence-corrected chi connectivity index (χ0v) is 9.28. The number of Topliss-reactive ketones (excluding diaryl/α,β-unsaturated/α-hetero) is 1. The molecule has 0 amide bonds. The van der Waals surface area contributed by atoms with E-state index in [2.05, 4.69) is 0 Å². The van der Waals surface area contributed by atoms with Crippen molar-refractivity contribution in [3.05, 3.63) is 24.2 Å². The molecule has 0 N–H and O–H groups in total. The van der Waals surface area contributed by atoms with Gasteiger partial charge in [0.15, 0.2) is 0 Å². The summed E-state index contributed by atoms with van der Waals surface area (Å²) in [6.07, 6.45) is 1.66. The maximum atomic E-state index is 10.9. The van der Waals surface area contributed by atoms with Crippen molar-refractivity contribution in [3.8, 4) is 0 Å². The van der Waals surface area contributed by atoms with Gasteiger partial charge in [0.25, 0.3) is 0 Å². The van der Waals surface area contributed by atoms with Crippen LogP contribution in [-0.4, -0.2) is 11.0 Å². The normalized spacial score (nSPS) is 12.8. The van der Waals surface area contributed by atoms with Gasteiger partial charge in [0.2, 0.25) is 0 Å². The van der Waals surface area contributed by atoms with Crippen molar-refractivity contribution in [3.63, 3.8) is 0 Å². The van der Waals surface area contributed by atoms with E-state index in [9.17, 15) is 4.79 Å². The maximum Gasteiger partial charge on any atom is 0.143 e. The SMILES string of the molecule is CC(=O)C(C)SSCc1ccco1. The number of hydrogen-bond donors (Lipinski definition) is 0. The molecule has 0 bridgehead atoms. The lowest BCUT2D eigenvalue weighted by atomic mass is 10.3. The zero-order chi connectivity index (χ0) is 9.68. The van der Waals surface area contributed by atoms with Crippen LogP contribution in [0.2, 0.25) is 0 Å². The average Bonchev–Trinajstić information content (AvgIpc) is 2.56. The Labute approximate surface area is 85.9 Å². The topological polar surface area (TPSA) is 30.2 Å². The molecule has 0 saturated heterocycles. The molecule has 0 aliphatic rings. The second-order valence-electron chi connectivity index (χ2n) is 2.69. The lowest BCUT2D eigenvalue weighted by molar-refractivity contribution is -0.116. The van der Waals surface area contributed by atoms with Crippen LogP contribution in [0.4, 0.5) is 0 Å². The van der Waals surface area contributed by atoms with Gasteiger partial charge >= 0.3 is 0 Å². The maximum absolute atomic E-state index is 10.9. The molecular weight excluding hydrogens is 204 g/mol.